The SMILES string of the molecule is Cc1cc(-c2ccc3c(c2)c2ccccc2n3-c2cc(-c3nc(-c4ccccc4)nc(-c4ccccc4)n3)ccc2-c2ccncc2-n2c3ccccc3c3cc(-c4cc(C(F)(F)F)cc(C(F)(F)F)c4)ccc32)cc(C(F)(F)F)c1. The van der Waals surface area contributed by atoms with Crippen LogP contribution in [0, 0.1) is 6.92 Å². The van der Waals surface area contributed by atoms with Crippen LogP contribution in [0.3, 0.4) is 0 Å². The van der Waals surface area contributed by atoms with E-state index in [-0.39, 0.29) is 17.2 Å². The molecule has 0 bridgehead atoms. The van der Waals surface area contributed by atoms with Crippen molar-refractivity contribution >= 4 is 43.6 Å². The largest absolute Gasteiger partial charge is 0.416 e. The van der Waals surface area contributed by atoms with E-state index in [2.05, 4.69) is 9.55 Å². The van der Waals surface area contributed by atoms with Crippen LogP contribution in [0.5, 0.6) is 0 Å². The minimum Gasteiger partial charge on any atom is -0.309 e. The van der Waals surface area contributed by atoms with Crippen molar-refractivity contribution in [2.45, 2.75) is 25.5 Å². The molecule has 81 heavy (non-hydrogen) atoms. The predicted molar refractivity (Wildman–Crippen MR) is 299 cm³/mol. The molecule has 0 saturated carbocycles. The first-order valence-corrected chi connectivity index (χ1v) is 25.5. The van der Waals surface area contributed by atoms with Gasteiger partial charge in [-0.05, 0) is 114 Å². The first-order valence-electron chi connectivity index (χ1n) is 25.5. The molecule has 0 fully saturated rings. The Balaban J connectivity index is 1.06. The fourth-order valence-electron chi connectivity index (χ4n) is 10.9. The summed E-state index contributed by atoms with van der Waals surface area (Å²) in [5, 5.41) is 2.83. The first-order chi connectivity index (χ1) is 38.9. The van der Waals surface area contributed by atoms with Gasteiger partial charge in [0.25, 0.3) is 0 Å². The van der Waals surface area contributed by atoms with Gasteiger partial charge in [0.15, 0.2) is 17.5 Å². The summed E-state index contributed by atoms with van der Waals surface area (Å²) in [6, 6.07) is 58.0. The molecule has 0 unspecified atom stereocenters. The van der Waals surface area contributed by atoms with Crippen molar-refractivity contribution in [3.05, 3.63) is 241 Å². The van der Waals surface area contributed by atoms with E-state index < -0.39 is 35.2 Å². The molecule has 0 saturated heterocycles. The van der Waals surface area contributed by atoms with Crippen molar-refractivity contribution in [2.24, 2.45) is 0 Å². The molecule has 0 aliphatic heterocycles. The number of nitrogens with zero attached hydrogens (tertiary/aromatic N) is 6. The molecule has 13 rings (SSSR count). The second kappa shape index (κ2) is 19.2. The number of para-hydroxylation sites is 2. The van der Waals surface area contributed by atoms with E-state index in [4.69, 9.17) is 15.0 Å². The Morgan fingerprint density at radius 3 is 1.26 bits per heavy atom. The van der Waals surface area contributed by atoms with Gasteiger partial charge >= 0.3 is 18.5 Å². The van der Waals surface area contributed by atoms with Crippen LogP contribution >= 0.6 is 0 Å². The van der Waals surface area contributed by atoms with Gasteiger partial charge in [0, 0.05) is 55.6 Å². The minimum atomic E-state index is -5.04. The Hall–Kier alpha value is -9.89. The van der Waals surface area contributed by atoms with Crippen molar-refractivity contribution in [1.82, 2.24) is 29.1 Å². The number of halogens is 9. The number of aromatic nitrogens is 6. The summed E-state index contributed by atoms with van der Waals surface area (Å²) in [5.74, 6) is 1.26. The highest BCUT2D eigenvalue weighted by Crippen LogP contribution is 2.45. The van der Waals surface area contributed by atoms with Gasteiger partial charge in [-0.25, -0.2) is 15.0 Å². The minimum absolute atomic E-state index is 0.116. The third-order valence-corrected chi connectivity index (χ3v) is 14.5. The summed E-state index contributed by atoms with van der Waals surface area (Å²) >= 11 is 0. The molecular formula is C66H39F9N6. The van der Waals surface area contributed by atoms with Crippen molar-refractivity contribution in [3.8, 4) is 78.9 Å². The topological polar surface area (TPSA) is 61.4 Å². The Kier molecular flexibility index (Phi) is 12.0. The van der Waals surface area contributed by atoms with E-state index in [0.29, 0.717) is 84.0 Å². The van der Waals surface area contributed by atoms with Crippen LogP contribution in [0.25, 0.3) is 123 Å². The molecule has 0 amide bonds. The van der Waals surface area contributed by atoms with Gasteiger partial charge in [0.05, 0.1) is 56.3 Å². The van der Waals surface area contributed by atoms with E-state index in [0.717, 1.165) is 57.2 Å². The second-order valence-corrected chi connectivity index (χ2v) is 19.7. The lowest BCUT2D eigenvalue weighted by Crippen LogP contribution is -2.11. The predicted octanol–water partition coefficient (Wildman–Crippen LogP) is 18.8. The van der Waals surface area contributed by atoms with Crippen LogP contribution in [-0.2, 0) is 18.5 Å². The number of benzene rings is 9. The van der Waals surface area contributed by atoms with Crippen molar-refractivity contribution in [1.29, 1.82) is 0 Å². The molecule has 9 aromatic carbocycles. The molecule has 0 aliphatic rings. The van der Waals surface area contributed by atoms with Gasteiger partial charge < -0.3 is 9.13 Å². The van der Waals surface area contributed by atoms with E-state index in [9.17, 15) is 39.5 Å². The molecule has 0 aliphatic carbocycles. The van der Waals surface area contributed by atoms with E-state index in [1.54, 1.807) is 43.6 Å². The summed E-state index contributed by atoms with van der Waals surface area (Å²) in [7, 11) is 0. The number of alkyl halides is 9. The normalized spacial score (nSPS) is 12.3. The summed E-state index contributed by atoms with van der Waals surface area (Å²) in [5.41, 5.74) is 5.31. The van der Waals surface area contributed by atoms with Crippen LogP contribution in [0.15, 0.2) is 219 Å². The van der Waals surface area contributed by atoms with Gasteiger partial charge in [-0.3, -0.25) is 4.98 Å². The van der Waals surface area contributed by atoms with Crippen molar-refractivity contribution in [3.63, 3.8) is 0 Å². The zero-order valence-electron chi connectivity index (χ0n) is 42.4. The van der Waals surface area contributed by atoms with Gasteiger partial charge in [-0.1, -0.05) is 127 Å². The van der Waals surface area contributed by atoms with E-state index in [1.165, 1.54) is 6.07 Å². The molecule has 0 N–H and O–H groups in total. The number of pyridine rings is 1. The second-order valence-electron chi connectivity index (χ2n) is 19.7. The highest BCUT2D eigenvalue weighted by atomic mass is 19.4. The summed E-state index contributed by atoms with van der Waals surface area (Å²) in [6.45, 7) is 1.64. The quantitative estimate of drug-likeness (QED) is 0.142. The summed E-state index contributed by atoms with van der Waals surface area (Å²) < 4.78 is 132. The van der Waals surface area contributed by atoms with Gasteiger partial charge in [-0.15, -0.1) is 0 Å². The molecule has 4 heterocycles. The maximum atomic E-state index is 14.2. The highest BCUT2D eigenvalue weighted by Gasteiger charge is 2.37. The van der Waals surface area contributed by atoms with Gasteiger partial charge in [0.1, 0.15) is 0 Å². The molecule has 13 aromatic rings. The average Bonchev–Trinajstić information content (AvgIpc) is 3.83. The maximum Gasteiger partial charge on any atom is 0.416 e. The lowest BCUT2D eigenvalue weighted by atomic mass is 9.97. The highest BCUT2D eigenvalue weighted by molar-refractivity contribution is 6.13. The number of hydrogen-bond acceptors (Lipinski definition) is 4. The molecule has 396 valence electrons. The molecule has 4 aromatic heterocycles. The third-order valence-electron chi connectivity index (χ3n) is 14.5. The monoisotopic (exact) mass is 1090 g/mol. The molecule has 0 spiro atoms. The van der Waals surface area contributed by atoms with E-state index in [1.807, 2.05) is 150 Å². The van der Waals surface area contributed by atoms with Gasteiger partial charge in [0.2, 0.25) is 0 Å². The lowest BCUT2D eigenvalue weighted by Gasteiger charge is -2.19. The third kappa shape index (κ3) is 9.19. The molecule has 0 radical (unpaired) electrons. The van der Waals surface area contributed by atoms with E-state index >= 15 is 0 Å². The number of hydrogen-bond donors (Lipinski definition) is 0. The van der Waals surface area contributed by atoms with Gasteiger partial charge in [-0.2, -0.15) is 39.5 Å². The molecule has 6 nitrogen and oxygen atoms in total. The maximum absolute atomic E-state index is 14.2. The molecule has 0 atom stereocenters. The first kappa shape index (κ1) is 50.6. The van der Waals surface area contributed by atoms with Crippen LogP contribution in [0.1, 0.15) is 22.3 Å². The van der Waals surface area contributed by atoms with Crippen molar-refractivity contribution < 1.29 is 39.5 Å². The van der Waals surface area contributed by atoms with Crippen LogP contribution in [0.4, 0.5) is 39.5 Å². The Labute approximate surface area is 455 Å². The number of aryl methyl sites for hydroxylation is 1. The smallest absolute Gasteiger partial charge is 0.309 e. The Morgan fingerprint density at radius 1 is 0.321 bits per heavy atom. The molecular weight excluding hydrogens is 1050 g/mol. The van der Waals surface area contributed by atoms with Crippen LogP contribution in [-0.4, -0.2) is 29.1 Å². The standard InChI is InChI=1S/C66H39F9N6/c1-38-28-44(30-46(29-38)64(67,68)69)41-21-24-57-53(33-41)49-16-8-10-18-55(49)80(57)59-35-43(63-78-61(39-12-4-2-5-13-39)77-62(79-63)40-14-6-3-7-15-40)20-23-51(59)52-26-27-76-37-60(52)81-56-19-11-9-17-50(56)54-34-42(22-25-58(54)81)45-31-47(65(70,71)72)36-48(32-45)66(73,74)75/h2-37H,1H3. The lowest BCUT2D eigenvalue weighted by molar-refractivity contribution is -0.143. The van der Waals surface area contributed by atoms with Crippen LogP contribution < -0.4 is 0 Å². The summed E-state index contributed by atoms with van der Waals surface area (Å²) in [4.78, 5) is 19.7. The van der Waals surface area contributed by atoms with Crippen LogP contribution in [0.2, 0.25) is 0 Å². The fraction of sp³-hybridized carbons (Fsp3) is 0.0606. The zero-order chi connectivity index (χ0) is 56.0. The van der Waals surface area contributed by atoms with Crippen molar-refractivity contribution in [2.75, 3.05) is 0 Å². The fourth-order valence-corrected chi connectivity index (χ4v) is 10.9. The number of rotatable bonds is 8. The Morgan fingerprint density at radius 2 is 0.741 bits per heavy atom. The summed E-state index contributed by atoms with van der Waals surface area (Å²) in [6.07, 6.45) is -11.3. The molecule has 15 heteroatoms. The Bertz CT molecular complexity index is 4530. The average molecular weight is 1090 g/mol. The zero-order valence-corrected chi connectivity index (χ0v) is 42.4. The number of fused-ring (bicyclic) bond motifs is 6.